The van der Waals surface area contributed by atoms with Gasteiger partial charge in [-0.05, 0) is 36.5 Å². The minimum Gasteiger partial charge on any atom is -0.494 e. The maximum Gasteiger partial charge on any atom is 0.119 e. The van der Waals surface area contributed by atoms with Crippen LogP contribution in [-0.4, -0.2) is 24.4 Å². The van der Waals surface area contributed by atoms with Crippen LogP contribution in [0.25, 0.3) is 0 Å². The number of ether oxygens (including phenoxy) is 1. The van der Waals surface area contributed by atoms with Crippen molar-refractivity contribution >= 4 is 0 Å². The van der Waals surface area contributed by atoms with Crippen LogP contribution in [0.15, 0.2) is 24.3 Å². The number of aliphatic hydroxyl groups is 1. The molecule has 2 N–H and O–H groups in total. The quantitative estimate of drug-likeness (QED) is 0.721. The summed E-state index contributed by atoms with van der Waals surface area (Å²) in [4.78, 5) is 0. The van der Waals surface area contributed by atoms with Crippen LogP contribution in [0.1, 0.15) is 39.2 Å². The molecule has 3 heteroatoms. The Morgan fingerprint density at radius 2 is 2.11 bits per heavy atom. The van der Waals surface area contributed by atoms with Gasteiger partial charge in [-0.15, -0.1) is 0 Å². The molecule has 1 atom stereocenters. The van der Waals surface area contributed by atoms with E-state index in [2.05, 4.69) is 38.2 Å². The van der Waals surface area contributed by atoms with Gasteiger partial charge in [0, 0.05) is 12.6 Å². The Bertz CT molecular complexity index is 348. The van der Waals surface area contributed by atoms with E-state index in [4.69, 9.17) is 9.84 Å². The van der Waals surface area contributed by atoms with Crippen LogP contribution in [-0.2, 0) is 6.54 Å². The number of hydrogen-bond acceptors (Lipinski definition) is 3. The van der Waals surface area contributed by atoms with E-state index in [0.29, 0.717) is 5.92 Å². The van der Waals surface area contributed by atoms with Crippen molar-refractivity contribution in [3.8, 4) is 5.75 Å². The van der Waals surface area contributed by atoms with E-state index in [9.17, 15) is 0 Å². The Kier molecular flexibility index (Phi) is 7.53. The van der Waals surface area contributed by atoms with Crippen LogP contribution in [0.2, 0.25) is 0 Å². The van der Waals surface area contributed by atoms with Gasteiger partial charge in [0.2, 0.25) is 0 Å². The molecule has 1 rings (SSSR count). The van der Waals surface area contributed by atoms with E-state index >= 15 is 0 Å². The Morgan fingerprint density at radius 3 is 2.74 bits per heavy atom. The fourth-order valence-electron chi connectivity index (χ4n) is 1.76. The summed E-state index contributed by atoms with van der Waals surface area (Å²) in [5.41, 5.74) is 1.19. The summed E-state index contributed by atoms with van der Waals surface area (Å²) in [7, 11) is 0. The van der Waals surface area contributed by atoms with Crippen LogP contribution in [0.4, 0.5) is 0 Å². The lowest BCUT2D eigenvalue weighted by molar-refractivity contribution is 0.238. The predicted octanol–water partition coefficient (Wildman–Crippen LogP) is 2.97. The van der Waals surface area contributed by atoms with Crippen molar-refractivity contribution in [1.29, 1.82) is 0 Å². The molecular formula is C16H27NO2. The molecule has 0 amide bonds. The molecule has 0 aliphatic carbocycles. The first kappa shape index (κ1) is 16.0. The number of aliphatic hydroxyl groups excluding tert-OH is 1. The maximum absolute atomic E-state index is 9.14. The largest absolute Gasteiger partial charge is 0.494 e. The zero-order valence-electron chi connectivity index (χ0n) is 12.4. The zero-order valence-corrected chi connectivity index (χ0v) is 12.4. The van der Waals surface area contributed by atoms with Crippen LogP contribution in [0, 0.1) is 5.92 Å². The molecule has 1 aromatic rings. The second kappa shape index (κ2) is 8.94. The highest BCUT2D eigenvalue weighted by molar-refractivity contribution is 5.28. The minimum atomic E-state index is 0.172. The van der Waals surface area contributed by atoms with Gasteiger partial charge in [-0.2, -0.15) is 0 Å². The Balaban J connectivity index is 2.43. The fourth-order valence-corrected chi connectivity index (χ4v) is 1.76. The maximum atomic E-state index is 9.14. The summed E-state index contributed by atoms with van der Waals surface area (Å²) in [6.45, 7) is 8.18. The molecule has 0 radical (unpaired) electrons. The molecule has 3 nitrogen and oxygen atoms in total. The molecule has 0 saturated heterocycles. The van der Waals surface area contributed by atoms with E-state index < -0.39 is 0 Å². The highest BCUT2D eigenvalue weighted by Crippen LogP contribution is 2.14. The summed E-state index contributed by atoms with van der Waals surface area (Å²) >= 11 is 0. The first-order valence-corrected chi connectivity index (χ1v) is 7.21. The second-order valence-corrected chi connectivity index (χ2v) is 5.35. The van der Waals surface area contributed by atoms with Gasteiger partial charge in [-0.1, -0.05) is 32.9 Å². The number of rotatable bonds is 9. The van der Waals surface area contributed by atoms with Crippen LogP contribution in [0.3, 0.4) is 0 Å². The van der Waals surface area contributed by atoms with Crippen molar-refractivity contribution < 1.29 is 9.84 Å². The monoisotopic (exact) mass is 265 g/mol. The summed E-state index contributed by atoms with van der Waals surface area (Å²) in [5, 5.41) is 12.5. The number of benzene rings is 1. The third kappa shape index (κ3) is 6.60. The molecule has 0 fully saturated rings. The first-order valence-electron chi connectivity index (χ1n) is 7.21. The van der Waals surface area contributed by atoms with Gasteiger partial charge >= 0.3 is 0 Å². The summed E-state index contributed by atoms with van der Waals surface area (Å²) in [5.74, 6) is 1.59. The van der Waals surface area contributed by atoms with Gasteiger partial charge in [-0.25, -0.2) is 0 Å². The van der Waals surface area contributed by atoms with Crippen molar-refractivity contribution in [2.75, 3.05) is 13.2 Å². The van der Waals surface area contributed by atoms with Crippen molar-refractivity contribution in [2.24, 2.45) is 5.92 Å². The molecule has 1 unspecified atom stereocenters. The van der Waals surface area contributed by atoms with Gasteiger partial charge in [-0.3, -0.25) is 0 Å². The van der Waals surface area contributed by atoms with Crippen LogP contribution in [0.5, 0.6) is 5.75 Å². The topological polar surface area (TPSA) is 41.5 Å². The van der Waals surface area contributed by atoms with Crippen molar-refractivity contribution in [2.45, 2.75) is 46.2 Å². The zero-order chi connectivity index (χ0) is 14.1. The van der Waals surface area contributed by atoms with Gasteiger partial charge in [0.05, 0.1) is 13.2 Å². The third-order valence-electron chi connectivity index (χ3n) is 3.17. The summed E-state index contributed by atoms with van der Waals surface area (Å²) < 4.78 is 5.74. The van der Waals surface area contributed by atoms with Crippen molar-refractivity contribution in [3.63, 3.8) is 0 Å². The van der Waals surface area contributed by atoms with Gasteiger partial charge in [0.1, 0.15) is 5.75 Å². The molecule has 1 aromatic carbocycles. The average molecular weight is 265 g/mol. The summed E-state index contributed by atoms with van der Waals surface area (Å²) in [6.07, 6.45) is 2.01. The van der Waals surface area contributed by atoms with Gasteiger partial charge in [0.25, 0.3) is 0 Å². The third-order valence-corrected chi connectivity index (χ3v) is 3.17. The molecule has 0 aliphatic heterocycles. The molecule has 0 spiro atoms. The van der Waals surface area contributed by atoms with Crippen LogP contribution >= 0.6 is 0 Å². The molecular weight excluding hydrogens is 238 g/mol. The predicted molar refractivity (Wildman–Crippen MR) is 79.4 cm³/mol. The van der Waals surface area contributed by atoms with Gasteiger partial charge < -0.3 is 15.2 Å². The highest BCUT2D eigenvalue weighted by atomic mass is 16.5. The minimum absolute atomic E-state index is 0.172. The lowest BCUT2D eigenvalue weighted by Gasteiger charge is -2.14. The van der Waals surface area contributed by atoms with Crippen LogP contribution < -0.4 is 10.1 Å². The lowest BCUT2D eigenvalue weighted by Crippen LogP contribution is -2.31. The van der Waals surface area contributed by atoms with E-state index in [-0.39, 0.29) is 12.6 Å². The normalized spacial score (nSPS) is 12.7. The average Bonchev–Trinajstić information content (AvgIpc) is 2.40. The fraction of sp³-hybridized carbons (Fsp3) is 0.625. The van der Waals surface area contributed by atoms with Crippen molar-refractivity contribution in [3.05, 3.63) is 29.8 Å². The molecule has 0 heterocycles. The van der Waals surface area contributed by atoms with E-state index in [1.165, 1.54) is 5.56 Å². The molecule has 0 bridgehead atoms. The molecule has 0 saturated carbocycles. The summed E-state index contributed by atoms with van der Waals surface area (Å²) in [6, 6.07) is 8.32. The van der Waals surface area contributed by atoms with E-state index in [0.717, 1.165) is 31.7 Å². The molecule has 0 aromatic heterocycles. The smallest absolute Gasteiger partial charge is 0.119 e. The Labute approximate surface area is 117 Å². The Morgan fingerprint density at radius 1 is 1.32 bits per heavy atom. The Hall–Kier alpha value is -1.06. The van der Waals surface area contributed by atoms with Gasteiger partial charge in [0.15, 0.2) is 0 Å². The SMILES string of the molecule is CCC(CO)NCc1cccc(OCCC(C)C)c1. The molecule has 19 heavy (non-hydrogen) atoms. The number of hydrogen-bond donors (Lipinski definition) is 2. The first-order chi connectivity index (χ1) is 9.15. The standard InChI is InChI=1S/C16H27NO2/c1-4-15(12-18)17-11-14-6-5-7-16(10-14)19-9-8-13(2)3/h5-7,10,13,15,17-18H,4,8-9,11-12H2,1-3H3. The highest BCUT2D eigenvalue weighted by Gasteiger charge is 2.04. The number of nitrogens with one attached hydrogen (secondary N) is 1. The van der Waals surface area contributed by atoms with E-state index in [1.54, 1.807) is 0 Å². The molecule has 0 aliphatic rings. The molecule has 108 valence electrons. The van der Waals surface area contributed by atoms with Crippen molar-refractivity contribution in [1.82, 2.24) is 5.32 Å². The lowest BCUT2D eigenvalue weighted by atomic mass is 10.1. The van der Waals surface area contributed by atoms with E-state index in [1.807, 2.05) is 12.1 Å². The second-order valence-electron chi connectivity index (χ2n) is 5.35.